The minimum atomic E-state index is -5.25. The number of allylic oxidation sites excluding steroid dienone is 2. The monoisotopic (exact) mass is 346 g/mol. The molecule has 0 unspecified atom stereocenters. The molecule has 104 valence electrons. The van der Waals surface area contributed by atoms with Crippen LogP contribution in [0.15, 0.2) is 9.39 Å². The van der Waals surface area contributed by atoms with Crippen LogP contribution in [0.4, 0.5) is 13.2 Å². The van der Waals surface area contributed by atoms with E-state index in [0.717, 1.165) is 6.42 Å². The van der Waals surface area contributed by atoms with Crippen LogP contribution in [0, 0.1) is 16.7 Å². The third kappa shape index (κ3) is 1.43. The first-order valence-corrected chi connectivity index (χ1v) is 7.86. The smallest absolute Gasteiger partial charge is 0.215 e. The van der Waals surface area contributed by atoms with E-state index < -0.39 is 31.1 Å². The molecular formula is C11H14BrF3O2S. The van der Waals surface area contributed by atoms with Crippen LogP contribution in [-0.4, -0.2) is 13.9 Å². The highest BCUT2D eigenvalue weighted by Crippen LogP contribution is 2.70. The van der Waals surface area contributed by atoms with Gasteiger partial charge in [0.15, 0.2) is 0 Å². The number of sulfone groups is 1. The number of hydrogen-bond acceptors (Lipinski definition) is 2. The number of rotatable bonds is 1. The van der Waals surface area contributed by atoms with Gasteiger partial charge in [0.2, 0.25) is 0 Å². The van der Waals surface area contributed by atoms with Crippen molar-refractivity contribution < 1.29 is 21.6 Å². The van der Waals surface area contributed by atoms with Gasteiger partial charge in [-0.25, -0.2) is 8.42 Å². The molecule has 1 saturated carbocycles. The van der Waals surface area contributed by atoms with Crippen LogP contribution in [0.2, 0.25) is 0 Å². The number of alkyl halides is 3. The summed E-state index contributed by atoms with van der Waals surface area (Å²) in [5.41, 5.74) is -6.64. The van der Waals surface area contributed by atoms with Crippen molar-refractivity contribution >= 4 is 25.8 Å². The third-order valence-electron chi connectivity index (χ3n) is 4.82. The van der Waals surface area contributed by atoms with Crippen molar-refractivity contribution in [2.75, 3.05) is 0 Å². The second-order valence-electron chi connectivity index (χ2n) is 5.77. The molecule has 0 heterocycles. The molecule has 0 aromatic heterocycles. The minimum Gasteiger partial charge on any atom is -0.215 e. The summed E-state index contributed by atoms with van der Waals surface area (Å²) in [7, 11) is -5.25. The number of hydrogen-bond donors (Lipinski definition) is 0. The van der Waals surface area contributed by atoms with E-state index in [-0.39, 0.29) is 10.4 Å². The van der Waals surface area contributed by atoms with E-state index in [9.17, 15) is 21.6 Å². The standard InChI is InChI=1S/C11H14BrF3O2S/c1-9(2)6-4-5-10(9,3)8(7(6)12)18(16,17)11(13,14)15/h6H,4-5H2,1-3H3/t6-,10-/m0/s1. The van der Waals surface area contributed by atoms with Crippen molar-refractivity contribution in [3.05, 3.63) is 9.39 Å². The molecule has 0 N–H and O–H groups in total. The minimum absolute atomic E-state index is 0.144. The highest BCUT2D eigenvalue weighted by atomic mass is 79.9. The van der Waals surface area contributed by atoms with Crippen molar-refractivity contribution in [1.82, 2.24) is 0 Å². The van der Waals surface area contributed by atoms with E-state index in [1.165, 1.54) is 0 Å². The predicted octanol–water partition coefficient (Wildman–Crippen LogP) is 3.98. The van der Waals surface area contributed by atoms with Crippen LogP contribution in [-0.2, 0) is 9.84 Å². The second kappa shape index (κ2) is 3.53. The molecule has 0 aromatic carbocycles. The Bertz CT molecular complexity index is 533. The lowest BCUT2D eigenvalue weighted by atomic mass is 9.70. The quantitative estimate of drug-likeness (QED) is 0.719. The predicted molar refractivity (Wildman–Crippen MR) is 65.5 cm³/mol. The van der Waals surface area contributed by atoms with E-state index in [2.05, 4.69) is 15.9 Å². The van der Waals surface area contributed by atoms with Crippen LogP contribution in [0.25, 0.3) is 0 Å². The van der Waals surface area contributed by atoms with Gasteiger partial charge in [-0.05, 0) is 24.2 Å². The highest BCUT2D eigenvalue weighted by molar-refractivity contribution is 9.11. The van der Waals surface area contributed by atoms with Gasteiger partial charge in [-0.15, -0.1) is 0 Å². The first-order valence-electron chi connectivity index (χ1n) is 5.59. The first kappa shape index (κ1) is 14.4. The molecule has 0 radical (unpaired) electrons. The van der Waals surface area contributed by atoms with Crippen molar-refractivity contribution in [2.24, 2.45) is 16.7 Å². The van der Waals surface area contributed by atoms with Gasteiger partial charge < -0.3 is 0 Å². The Morgan fingerprint density at radius 2 is 1.78 bits per heavy atom. The summed E-state index contributed by atoms with van der Waals surface area (Å²) in [4.78, 5) is -0.455. The fourth-order valence-corrected chi connectivity index (χ4v) is 6.78. The zero-order chi connectivity index (χ0) is 14.1. The van der Waals surface area contributed by atoms with Crippen molar-refractivity contribution in [2.45, 2.75) is 39.1 Å². The topological polar surface area (TPSA) is 34.1 Å². The number of halogens is 4. The Labute approximate surface area is 113 Å². The lowest BCUT2D eigenvalue weighted by molar-refractivity contribution is -0.0434. The highest BCUT2D eigenvalue weighted by Gasteiger charge is 2.67. The van der Waals surface area contributed by atoms with Crippen LogP contribution < -0.4 is 0 Å². The Hall–Kier alpha value is -0.0400. The summed E-state index contributed by atoms with van der Waals surface area (Å²) in [5.74, 6) is -0.144. The average molecular weight is 347 g/mol. The molecule has 2 aliphatic carbocycles. The molecule has 0 aliphatic heterocycles. The Balaban J connectivity index is 2.69. The van der Waals surface area contributed by atoms with Crippen molar-refractivity contribution in [3.8, 4) is 0 Å². The summed E-state index contributed by atoms with van der Waals surface area (Å²) in [6, 6.07) is 0. The van der Waals surface area contributed by atoms with Crippen molar-refractivity contribution in [1.29, 1.82) is 0 Å². The van der Waals surface area contributed by atoms with Crippen molar-refractivity contribution in [3.63, 3.8) is 0 Å². The van der Waals surface area contributed by atoms with Crippen LogP contribution in [0.5, 0.6) is 0 Å². The van der Waals surface area contributed by atoms with E-state index in [4.69, 9.17) is 0 Å². The summed E-state index contributed by atoms with van der Waals surface area (Å²) in [5, 5.41) is 0. The molecule has 2 nitrogen and oxygen atoms in total. The van der Waals surface area contributed by atoms with Crippen LogP contribution in [0.3, 0.4) is 0 Å². The zero-order valence-corrected chi connectivity index (χ0v) is 12.6. The summed E-state index contributed by atoms with van der Waals surface area (Å²) in [6.45, 7) is 5.30. The Morgan fingerprint density at radius 1 is 1.28 bits per heavy atom. The van der Waals surface area contributed by atoms with E-state index >= 15 is 0 Å². The molecule has 2 rings (SSSR count). The molecule has 2 bridgehead atoms. The third-order valence-corrected chi connectivity index (χ3v) is 7.85. The van der Waals surface area contributed by atoms with Crippen LogP contribution in [0.1, 0.15) is 33.6 Å². The van der Waals surface area contributed by atoms with Crippen LogP contribution >= 0.6 is 15.9 Å². The van der Waals surface area contributed by atoms with Gasteiger partial charge in [0.05, 0.1) is 4.91 Å². The maximum atomic E-state index is 12.8. The molecule has 0 amide bonds. The van der Waals surface area contributed by atoms with Gasteiger partial charge >= 0.3 is 5.51 Å². The molecule has 2 aliphatic rings. The average Bonchev–Trinajstić information content (AvgIpc) is 2.43. The summed E-state index contributed by atoms with van der Waals surface area (Å²) < 4.78 is 62.0. The Morgan fingerprint density at radius 3 is 2.11 bits per heavy atom. The lowest BCUT2D eigenvalue weighted by Crippen LogP contribution is -2.36. The molecule has 2 atom stereocenters. The van der Waals surface area contributed by atoms with Gasteiger partial charge in [0, 0.05) is 9.90 Å². The van der Waals surface area contributed by atoms with Gasteiger partial charge in [-0.3, -0.25) is 0 Å². The molecular weight excluding hydrogens is 333 g/mol. The normalized spacial score (nSPS) is 35.4. The largest absolute Gasteiger partial charge is 0.501 e. The van der Waals surface area contributed by atoms with Gasteiger partial charge in [-0.1, -0.05) is 36.7 Å². The van der Waals surface area contributed by atoms with Gasteiger partial charge in [0.1, 0.15) is 0 Å². The molecule has 1 fully saturated rings. The first-order chi connectivity index (χ1) is 7.87. The molecule has 0 aromatic rings. The maximum absolute atomic E-state index is 12.8. The van der Waals surface area contributed by atoms with Gasteiger partial charge in [-0.2, -0.15) is 13.2 Å². The molecule has 0 spiro atoms. The second-order valence-corrected chi connectivity index (χ2v) is 8.50. The summed E-state index contributed by atoms with van der Waals surface area (Å²) in [6.07, 6.45) is 1.20. The molecule has 7 heteroatoms. The summed E-state index contributed by atoms with van der Waals surface area (Å²) >= 11 is 3.10. The van der Waals surface area contributed by atoms with Gasteiger partial charge in [0.25, 0.3) is 9.84 Å². The fourth-order valence-electron chi connectivity index (χ4n) is 3.31. The fraction of sp³-hybridized carbons (Fsp3) is 0.818. The zero-order valence-electron chi connectivity index (χ0n) is 10.2. The number of fused-ring (bicyclic) bond motifs is 2. The van der Waals surface area contributed by atoms with E-state index in [1.807, 2.05) is 13.8 Å². The van der Waals surface area contributed by atoms with E-state index in [1.54, 1.807) is 6.92 Å². The SMILES string of the molecule is CC1(C)[C@H]2CC[C@@]1(C)C(S(=O)(=O)C(F)(F)F)=C2Br. The molecule has 0 saturated heterocycles. The van der Waals surface area contributed by atoms with E-state index in [0.29, 0.717) is 6.42 Å². The maximum Gasteiger partial charge on any atom is 0.501 e. The Kier molecular flexibility index (Phi) is 2.82. The molecule has 18 heavy (non-hydrogen) atoms. The lowest BCUT2D eigenvalue weighted by Gasteiger charge is -2.36.